The molecule has 2 unspecified atom stereocenters. The Kier molecular flexibility index (Phi) is 9.08. The number of aliphatic hydroxyl groups is 1. The molecular formula is C35H38ClNO3S. The van der Waals surface area contributed by atoms with Crippen LogP contribution >= 0.6 is 23.4 Å². The Bertz CT molecular complexity index is 1430. The molecule has 6 heteroatoms. The maximum atomic E-state index is 11.5. The lowest BCUT2D eigenvalue weighted by atomic mass is 9.90. The molecule has 0 radical (unpaired) electrons. The quantitative estimate of drug-likeness (QED) is 0.262. The third kappa shape index (κ3) is 7.91. The Morgan fingerprint density at radius 2 is 1.93 bits per heavy atom. The standard InChI is InChI=1S/C35H38ClNO3S/c1-34(2,40)30-9-4-3-8-29(30)32(41-23-35(18-19-35)22-33(38)39)17-11-25-7-5-6-24(20-25)10-15-28-16-13-26-12-14-27(36)21-31(26)37-28/h3-10,12-16,20-21,26,31-32,40H,11,17-19,22-23H2,1-2H3,(H,38,39)/b15-10+/t26?,31?,32-/m0/s1. The third-order valence-electron chi connectivity index (χ3n) is 8.12. The normalized spacial score (nSPS) is 21.8. The number of hydrogen-bond acceptors (Lipinski definition) is 4. The number of aliphatic imine (C=N–C) groups is 1. The largest absolute Gasteiger partial charge is 0.481 e. The van der Waals surface area contributed by atoms with E-state index in [0.29, 0.717) is 0 Å². The van der Waals surface area contributed by atoms with Crippen molar-refractivity contribution < 1.29 is 15.0 Å². The Labute approximate surface area is 252 Å². The average Bonchev–Trinajstić information content (AvgIpc) is 3.70. The highest BCUT2D eigenvalue weighted by Gasteiger charge is 2.44. The Morgan fingerprint density at radius 1 is 1.15 bits per heavy atom. The number of halogens is 1. The second-order valence-corrected chi connectivity index (χ2v) is 13.7. The van der Waals surface area contributed by atoms with E-state index in [1.54, 1.807) is 0 Å². The van der Waals surface area contributed by atoms with Gasteiger partial charge in [0.15, 0.2) is 0 Å². The van der Waals surface area contributed by atoms with E-state index in [-0.39, 0.29) is 29.0 Å². The molecule has 41 heavy (non-hydrogen) atoms. The number of carboxylic acid groups (broad SMARTS) is 1. The predicted molar refractivity (Wildman–Crippen MR) is 172 cm³/mol. The summed E-state index contributed by atoms with van der Waals surface area (Å²) in [7, 11) is 0. The fourth-order valence-electron chi connectivity index (χ4n) is 5.61. The van der Waals surface area contributed by atoms with Gasteiger partial charge < -0.3 is 10.2 Å². The molecule has 2 aliphatic carbocycles. The molecule has 5 rings (SSSR count). The molecule has 1 heterocycles. The highest BCUT2D eigenvalue weighted by Crippen LogP contribution is 2.53. The highest BCUT2D eigenvalue weighted by atomic mass is 35.5. The summed E-state index contributed by atoms with van der Waals surface area (Å²) in [6.45, 7) is 3.66. The zero-order chi connectivity index (χ0) is 29.0. The van der Waals surface area contributed by atoms with E-state index in [4.69, 9.17) is 16.6 Å². The van der Waals surface area contributed by atoms with Crippen molar-refractivity contribution in [3.05, 3.63) is 112 Å². The number of dihydropyridines is 1. The lowest BCUT2D eigenvalue weighted by Crippen LogP contribution is -2.20. The molecule has 3 atom stereocenters. The molecule has 0 aromatic heterocycles. The van der Waals surface area contributed by atoms with E-state index in [1.807, 2.05) is 56.0 Å². The van der Waals surface area contributed by atoms with Crippen LogP contribution < -0.4 is 0 Å². The zero-order valence-electron chi connectivity index (χ0n) is 23.7. The molecule has 1 saturated carbocycles. The van der Waals surface area contributed by atoms with E-state index in [0.717, 1.165) is 58.9 Å². The fourth-order valence-corrected chi connectivity index (χ4v) is 7.43. The number of nitrogens with zero attached hydrogens (tertiary/aromatic N) is 1. The van der Waals surface area contributed by atoms with Crippen LogP contribution in [0.25, 0.3) is 6.08 Å². The lowest BCUT2D eigenvalue weighted by Gasteiger charge is -2.27. The lowest BCUT2D eigenvalue weighted by molar-refractivity contribution is -0.138. The second-order valence-electron chi connectivity index (χ2n) is 12.0. The van der Waals surface area contributed by atoms with Gasteiger partial charge in [-0.25, -0.2) is 0 Å². The number of allylic oxidation sites excluding steroid dienone is 4. The molecule has 3 aliphatic rings. The van der Waals surface area contributed by atoms with Crippen molar-refractivity contribution in [1.29, 1.82) is 0 Å². The summed E-state index contributed by atoms with van der Waals surface area (Å²) in [5, 5.41) is 21.2. The van der Waals surface area contributed by atoms with Crippen molar-refractivity contribution in [3.8, 4) is 0 Å². The molecule has 0 bridgehead atoms. The van der Waals surface area contributed by atoms with Crippen molar-refractivity contribution in [2.75, 3.05) is 5.75 Å². The van der Waals surface area contributed by atoms with Crippen molar-refractivity contribution in [2.45, 2.75) is 62.8 Å². The monoisotopic (exact) mass is 587 g/mol. The number of benzene rings is 2. The van der Waals surface area contributed by atoms with Gasteiger partial charge in [-0.2, -0.15) is 11.8 Å². The molecule has 214 valence electrons. The SMILES string of the molecule is CC(C)(O)c1ccccc1[C@H](CCc1cccc(/C=C/C2=NC3C=C(Cl)C=CC3C=C2)c1)SCC1(CC(=O)O)CC1. The number of carbonyl (C=O) groups is 1. The van der Waals surface area contributed by atoms with Crippen LogP contribution in [0.15, 0.2) is 95.0 Å². The number of aryl methyl sites for hydroxylation is 1. The van der Waals surface area contributed by atoms with Crippen LogP contribution in [-0.4, -0.2) is 33.7 Å². The topological polar surface area (TPSA) is 69.9 Å². The summed E-state index contributed by atoms with van der Waals surface area (Å²) in [5.74, 6) is 0.372. The number of hydrogen-bond donors (Lipinski definition) is 2. The second kappa shape index (κ2) is 12.6. The predicted octanol–water partition coefficient (Wildman–Crippen LogP) is 8.28. The zero-order valence-corrected chi connectivity index (χ0v) is 25.2. The number of thioether (sulfide) groups is 1. The summed E-state index contributed by atoms with van der Waals surface area (Å²) in [5.41, 5.74) is 4.33. The van der Waals surface area contributed by atoms with Gasteiger partial charge in [-0.1, -0.05) is 78.4 Å². The minimum atomic E-state index is -0.955. The summed E-state index contributed by atoms with van der Waals surface area (Å²) in [6, 6.07) is 16.8. The molecule has 2 aromatic rings. The first-order valence-electron chi connectivity index (χ1n) is 14.3. The van der Waals surface area contributed by atoms with E-state index in [9.17, 15) is 15.0 Å². The van der Waals surface area contributed by atoms with Gasteiger partial charge in [-0.3, -0.25) is 9.79 Å². The van der Waals surface area contributed by atoms with Crippen molar-refractivity contribution in [2.24, 2.45) is 16.3 Å². The molecule has 2 aromatic carbocycles. The summed E-state index contributed by atoms with van der Waals surface area (Å²) >= 11 is 8.03. The Balaban J connectivity index is 1.29. The molecule has 0 saturated heterocycles. The van der Waals surface area contributed by atoms with Crippen LogP contribution in [-0.2, 0) is 16.8 Å². The van der Waals surface area contributed by atoms with Crippen LogP contribution in [0.3, 0.4) is 0 Å². The first kappa shape index (κ1) is 29.6. The van der Waals surface area contributed by atoms with Gasteiger partial charge in [0.1, 0.15) is 0 Å². The molecule has 1 aliphatic heterocycles. The molecule has 0 spiro atoms. The van der Waals surface area contributed by atoms with Crippen molar-refractivity contribution in [1.82, 2.24) is 0 Å². The van der Waals surface area contributed by atoms with E-state index >= 15 is 0 Å². The van der Waals surface area contributed by atoms with Crippen LogP contribution in [0.4, 0.5) is 0 Å². The Hall–Kier alpha value is -2.86. The molecule has 2 N–H and O–H groups in total. The molecule has 4 nitrogen and oxygen atoms in total. The van der Waals surface area contributed by atoms with Gasteiger partial charge in [0.2, 0.25) is 0 Å². The van der Waals surface area contributed by atoms with Gasteiger partial charge in [0.05, 0.1) is 23.8 Å². The number of carboxylic acids is 1. The molecular weight excluding hydrogens is 550 g/mol. The van der Waals surface area contributed by atoms with Gasteiger partial charge in [-0.15, -0.1) is 0 Å². The van der Waals surface area contributed by atoms with Crippen molar-refractivity contribution in [3.63, 3.8) is 0 Å². The fraction of sp³-hybridized carbons (Fsp3) is 0.371. The maximum absolute atomic E-state index is 11.5. The number of fused-ring (bicyclic) bond motifs is 1. The van der Waals surface area contributed by atoms with Crippen LogP contribution in [0.2, 0.25) is 0 Å². The Morgan fingerprint density at radius 3 is 2.68 bits per heavy atom. The van der Waals surface area contributed by atoms with Crippen molar-refractivity contribution >= 4 is 41.1 Å². The summed E-state index contributed by atoms with van der Waals surface area (Å²) < 4.78 is 0. The molecule has 1 fully saturated rings. The van der Waals surface area contributed by atoms with Crippen LogP contribution in [0.1, 0.15) is 67.0 Å². The van der Waals surface area contributed by atoms with Gasteiger partial charge in [0, 0.05) is 22.0 Å². The number of rotatable bonds is 12. The van der Waals surface area contributed by atoms with Crippen LogP contribution in [0, 0.1) is 11.3 Å². The average molecular weight is 588 g/mol. The van der Waals surface area contributed by atoms with E-state index in [1.165, 1.54) is 5.56 Å². The van der Waals surface area contributed by atoms with Gasteiger partial charge >= 0.3 is 5.97 Å². The van der Waals surface area contributed by atoms with E-state index < -0.39 is 11.6 Å². The van der Waals surface area contributed by atoms with Gasteiger partial charge in [0.25, 0.3) is 0 Å². The molecule has 0 amide bonds. The van der Waals surface area contributed by atoms with Gasteiger partial charge in [-0.05, 0) is 91.5 Å². The minimum absolute atomic E-state index is 0.0509. The summed E-state index contributed by atoms with van der Waals surface area (Å²) in [4.78, 5) is 16.3. The number of aliphatic carboxylic acids is 1. The first-order chi connectivity index (χ1) is 19.6. The smallest absolute Gasteiger partial charge is 0.303 e. The van der Waals surface area contributed by atoms with E-state index in [2.05, 4.69) is 60.7 Å². The minimum Gasteiger partial charge on any atom is -0.481 e. The highest BCUT2D eigenvalue weighted by molar-refractivity contribution is 7.99. The summed E-state index contributed by atoms with van der Waals surface area (Å²) in [6.07, 6.45) is 18.4. The first-order valence-corrected chi connectivity index (χ1v) is 15.8. The van der Waals surface area contributed by atoms with Crippen LogP contribution in [0.5, 0.6) is 0 Å². The maximum Gasteiger partial charge on any atom is 0.303 e. The third-order valence-corrected chi connectivity index (χ3v) is 10.0.